The maximum absolute atomic E-state index is 14.2. The van der Waals surface area contributed by atoms with Crippen LogP contribution in [0.15, 0.2) is 42.9 Å². The van der Waals surface area contributed by atoms with Crippen LogP contribution in [0.1, 0.15) is 131 Å². The van der Waals surface area contributed by atoms with E-state index in [-0.39, 0.29) is 62.1 Å². The third-order valence-corrected chi connectivity index (χ3v) is 15.9. The van der Waals surface area contributed by atoms with Crippen LogP contribution in [0.2, 0.25) is 0 Å². The maximum atomic E-state index is 14.2. The molecule has 15 amide bonds. The zero-order valence-electron chi connectivity index (χ0n) is 62.0. The number of unbranched alkanes of at least 4 members (excludes halogenated alkanes) is 1. The smallest absolute Gasteiger partial charge is 0.326 e. The zero-order chi connectivity index (χ0) is 84.1. The Labute approximate surface area is 634 Å². The number of carbonyl (C=O) groups is 20. The minimum atomic E-state index is -2.32. The van der Waals surface area contributed by atoms with E-state index in [9.17, 15) is 132 Å². The second kappa shape index (κ2) is 47.5. The van der Waals surface area contributed by atoms with Crippen LogP contribution < -0.4 is 80.2 Å². The average molecular weight is 1570 g/mol. The summed E-state index contributed by atoms with van der Waals surface area (Å²) in [5, 5.41) is 101. The van der Waals surface area contributed by atoms with Gasteiger partial charge in [0, 0.05) is 39.4 Å². The summed E-state index contributed by atoms with van der Waals surface area (Å²) in [4.78, 5) is 269. The molecular formula is C67H99N17O27. The van der Waals surface area contributed by atoms with Gasteiger partial charge in [0.05, 0.1) is 56.8 Å². The van der Waals surface area contributed by atoms with Crippen LogP contribution in [-0.4, -0.2) is 262 Å². The van der Waals surface area contributed by atoms with Crippen molar-refractivity contribution >= 4 is 118 Å². The minimum Gasteiger partial charge on any atom is -0.481 e. The molecule has 44 heteroatoms. The summed E-state index contributed by atoms with van der Waals surface area (Å²) in [7, 11) is 0. The van der Waals surface area contributed by atoms with E-state index in [1.807, 2.05) is 26.6 Å². The van der Waals surface area contributed by atoms with E-state index < -0.39 is 242 Å². The predicted octanol–water partition coefficient (Wildman–Crippen LogP) is -7.83. The molecule has 0 aliphatic heterocycles. The van der Waals surface area contributed by atoms with Crippen molar-refractivity contribution in [2.24, 2.45) is 17.6 Å². The maximum Gasteiger partial charge on any atom is 0.326 e. The van der Waals surface area contributed by atoms with Crippen LogP contribution >= 0.6 is 0 Å². The molecule has 0 bridgehead atoms. The van der Waals surface area contributed by atoms with Crippen molar-refractivity contribution < 1.29 is 132 Å². The van der Waals surface area contributed by atoms with Crippen molar-refractivity contribution in [1.29, 1.82) is 0 Å². The number of aliphatic hydroxyl groups is 2. The van der Waals surface area contributed by atoms with Gasteiger partial charge in [-0.05, 0) is 63.4 Å². The largest absolute Gasteiger partial charge is 0.481 e. The first-order chi connectivity index (χ1) is 51.9. The van der Waals surface area contributed by atoms with Gasteiger partial charge in [0.15, 0.2) is 0 Å². The lowest BCUT2D eigenvalue weighted by Crippen LogP contribution is -2.62. The molecule has 0 radical (unpaired) electrons. The number of H-pyrrole nitrogens is 1. The van der Waals surface area contributed by atoms with Crippen molar-refractivity contribution in [3.05, 3.63) is 54.1 Å². The lowest BCUT2D eigenvalue weighted by Gasteiger charge is -2.28. The Morgan fingerprint density at radius 3 is 1.18 bits per heavy atom. The Bertz CT molecular complexity index is 3630. The number of hydrogen-bond acceptors (Lipinski definition) is 23. The monoisotopic (exact) mass is 1570 g/mol. The second-order valence-electron chi connectivity index (χ2n) is 26.6. The normalized spacial score (nSPS) is 14.8. The van der Waals surface area contributed by atoms with Gasteiger partial charge < -0.3 is 121 Å². The van der Waals surface area contributed by atoms with Gasteiger partial charge in [-0.1, -0.05) is 58.0 Å². The number of primary amides is 1. The summed E-state index contributed by atoms with van der Waals surface area (Å²) >= 11 is 0. The molecule has 14 atom stereocenters. The zero-order valence-corrected chi connectivity index (χ0v) is 62.0. The standard InChI is InChI=1S/C67H99N17O27/c1-30(2)18-39(58(101)76-40(19-31(3)4)57(100)74-38(67(110)111)16-12-13-17-70-34(7)87)75-55(98)32(5)72-56(99)44(23-50(90)91)79-62(105)45(24-51(92)93)80-61(104)43(22-49(68)89)78-60(103)42(21-37-27-69-29-71-37)77-65(108)48(28-85)83-63(106)46(25-52(94)95)82-66(109)54(33(6)86)84-64(107)47(26-53(96)97)81-59(102)41(73-35(8)88)20-36-14-10-9-11-15-36/h9-11,14-15,27,29-33,38-48,54,85-86H,12-13,16-26,28H2,1-8H3,(H2,68,89)(H,69,71)(H,70,87)(H,72,99)(H,73,88)(H,74,100)(H,75,98)(H,76,101)(H,77,108)(H,78,103)(H,79,105)(H,80,104)(H,81,102)(H,82,109)(H,83,106)(H,84,107)(H,90,91)(H,92,93)(H,94,95)(H,96,97)(H,110,111)/t32-,33+,38-,39-,40-,41-,42-,43-,44-,45-,46-,47-,48-,54-/m0/s1. The van der Waals surface area contributed by atoms with E-state index in [1.165, 1.54) is 13.1 Å². The number of carboxylic acids is 5. The number of imidazole rings is 1. The fraction of sp³-hybridized carbons (Fsp3) is 0.567. The Morgan fingerprint density at radius 2 is 0.784 bits per heavy atom. The molecule has 2 rings (SSSR count). The highest BCUT2D eigenvalue weighted by Crippen LogP contribution is 2.14. The third-order valence-electron chi connectivity index (χ3n) is 15.9. The third kappa shape index (κ3) is 36.5. The molecule has 2 aromatic rings. The molecule has 0 unspecified atom stereocenters. The Morgan fingerprint density at radius 1 is 0.414 bits per heavy atom. The molecule has 0 aliphatic rings. The van der Waals surface area contributed by atoms with Crippen molar-refractivity contribution in [1.82, 2.24) is 84.4 Å². The number of nitrogens with zero attached hydrogens (tertiary/aromatic N) is 1. The van der Waals surface area contributed by atoms with Crippen LogP contribution in [0.3, 0.4) is 0 Å². The first kappa shape index (κ1) is 94.8. The summed E-state index contributed by atoms with van der Waals surface area (Å²) in [5.74, 6) is -27.3. The number of benzene rings is 1. The van der Waals surface area contributed by atoms with Crippen molar-refractivity contribution in [3.8, 4) is 0 Å². The van der Waals surface area contributed by atoms with E-state index in [4.69, 9.17) is 5.73 Å². The number of aliphatic carboxylic acids is 5. The minimum absolute atomic E-state index is 0.00540. The van der Waals surface area contributed by atoms with E-state index >= 15 is 0 Å². The van der Waals surface area contributed by atoms with Gasteiger partial charge in [-0.15, -0.1) is 0 Å². The molecule has 0 fully saturated rings. The van der Waals surface area contributed by atoms with Gasteiger partial charge in [0.2, 0.25) is 88.6 Å². The van der Waals surface area contributed by atoms with Gasteiger partial charge in [-0.3, -0.25) is 91.1 Å². The van der Waals surface area contributed by atoms with Crippen molar-refractivity contribution in [2.45, 2.75) is 217 Å². The number of nitrogens with one attached hydrogen (secondary N) is 15. The molecule has 44 nitrogen and oxygen atoms in total. The average Bonchev–Trinajstić information content (AvgIpc) is 0.963. The van der Waals surface area contributed by atoms with Gasteiger partial charge >= 0.3 is 29.8 Å². The molecule has 0 saturated heterocycles. The SMILES string of the molecule is CC(=O)NCCCC[C@H](NC(=O)[C@H](CC(C)C)NC(=O)[C@H](CC(C)C)NC(=O)[C@H](C)NC(=O)[C@H](CC(=O)O)NC(=O)[C@H](CC(=O)O)NC(=O)[C@H](CC(N)=O)NC(=O)[C@H](Cc1c[nH]cn1)NC(=O)[C@H](CO)NC(=O)[C@H](CC(=O)O)NC(=O)[C@@H](NC(=O)[C@H](CC(=O)O)NC(=O)[C@H](Cc1ccccc1)NC(C)=O)[C@@H](C)O)C(=O)O. The van der Waals surface area contributed by atoms with Gasteiger partial charge in [0.25, 0.3) is 0 Å². The highest BCUT2D eigenvalue weighted by Gasteiger charge is 2.40. The van der Waals surface area contributed by atoms with Crippen LogP contribution in [0.25, 0.3) is 0 Å². The van der Waals surface area contributed by atoms with E-state index in [0.717, 1.165) is 27.1 Å². The number of aromatic nitrogens is 2. The van der Waals surface area contributed by atoms with Gasteiger partial charge in [-0.25, -0.2) is 9.78 Å². The summed E-state index contributed by atoms with van der Waals surface area (Å²) in [6, 6.07) is -16.5. The number of aliphatic hydroxyl groups excluding tert-OH is 2. The molecule has 1 aromatic carbocycles. The molecule has 614 valence electrons. The number of aromatic amines is 1. The summed E-state index contributed by atoms with van der Waals surface area (Å²) < 4.78 is 0. The second-order valence-corrected chi connectivity index (χ2v) is 26.6. The van der Waals surface area contributed by atoms with E-state index in [0.29, 0.717) is 12.0 Å². The number of rotatable bonds is 51. The topological polar surface area (TPSA) is 706 Å². The lowest BCUT2D eigenvalue weighted by molar-refractivity contribution is -0.143. The van der Waals surface area contributed by atoms with Crippen LogP contribution in [-0.2, 0) is 109 Å². The van der Waals surface area contributed by atoms with E-state index in [2.05, 4.69) is 57.8 Å². The highest BCUT2D eigenvalue weighted by atomic mass is 16.4. The molecule has 111 heavy (non-hydrogen) atoms. The predicted molar refractivity (Wildman–Crippen MR) is 380 cm³/mol. The molecule has 0 aliphatic carbocycles. The summed E-state index contributed by atoms with van der Waals surface area (Å²) in [6.07, 6.45) is -6.18. The molecule has 0 saturated carbocycles. The van der Waals surface area contributed by atoms with Gasteiger partial charge in [0.1, 0.15) is 78.5 Å². The van der Waals surface area contributed by atoms with E-state index in [1.54, 1.807) is 58.0 Å². The fourth-order valence-corrected chi connectivity index (χ4v) is 10.4. The number of nitrogens with two attached hydrogens (primary N) is 1. The quantitative estimate of drug-likeness (QED) is 0.0274. The molecule has 0 spiro atoms. The lowest BCUT2D eigenvalue weighted by atomic mass is 9.99. The number of carboxylic acid groups (broad SMARTS) is 5. The van der Waals surface area contributed by atoms with Crippen molar-refractivity contribution in [2.75, 3.05) is 13.2 Å². The Balaban J connectivity index is 2.40. The molecule has 24 N–H and O–H groups in total. The van der Waals surface area contributed by atoms with Crippen LogP contribution in [0.5, 0.6) is 0 Å². The van der Waals surface area contributed by atoms with Crippen LogP contribution in [0, 0.1) is 11.8 Å². The first-order valence-corrected chi connectivity index (χ1v) is 34.8. The van der Waals surface area contributed by atoms with Crippen molar-refractivity contribution in [3.63, 3.8) is 0 Å². The Kier molecular flexibility index (Phi) is 40.6. The van der Waals surface area contributed by atoms with Crippen LogP contribution in [0.4, 0.5) is 0 Å². The fourth-order valence-electron chi connectivity index (χ4n) is 10.4. The molecule has 1 aromatic heterocycles. The van der Waals surface area contributed by atoms with Gasteiger partial charge in [-0.2, -0.15) is 0 Å². The summed E-state index contributed by atoms with van der Waals surface area (Å²) in [6.45, 7) is 10.0. The summed E-state index contributed by atoms with van der Waals surface area (Å²) in [5.41, 5.74) is 5.91. The number of amides is 15. The Hall–Kier alpha value is -12.3. The highest BCUT2D eigenvalue weighted by molar-refractivity contribution is 6.02. The molecule has 1 heterocycles. The molecular weight excluding hydrogens is 1470 g/mol. The first-order valence-electron chi connectivity index (χ1n) is 34.8. The number of hydrogen-bond donors (Lipinski definition) is 23. The number of carbonyl (C=O) groups excluding carboxylic acids is 15.